The van der Waals surface area contributed by atoms with Gasteiger partial charge in [-0.05, 0) is 39.0 Å². The van der Waals surface area contributed by atoms with Crippen molar-refractivity contribution in [3.8, 4) is 0 Å². The molecule has 90 valence electrons. The summed E-state index contributed by atoms with van der Waals surface area (Å²) in [4.78, 5) is 11.0. The second-order valence-electron chi connectivity index (χ2n) is 4.05. The molecule has 15 heavy (non-hydrogen) atoms. The molecule has 0 saturated carbocycles. The predicted octanol–water partition coefficient (Wildman–Crippen LogP) is 1.38. The summed E-state index contributed by atoms with van der Waals surface area (Å²) in [6.45, 7) is 7.80. The number of esters is 1. The van der Waals surface area contributed by atoms with Gasteiger partial charge in [-0.2, -0.15) is 0 Å². The molecule has 0 aromatic carbocycles. The normalized spacial score (nSPS) is 11.5. The Morgan fingerprint density at radius 2 is 2.07 bits per heavy atom. The van der Waals surface area contributed by atoms with Gasteiger partial charge in [0.15, 0.2) is 8.32 Å². The number of nitrogens with one attached hydrogen (secondary N) is 1. The summed E-state index contributed by atoms with van der Waals surface area (Å²) in [6, 6.07) is 1.11. The monoisotopic (exact) mass is 233 g/mol. The minimum absolute atomic E-state index is 0.180. The quantitative estimate of drug-likeness (QED) is 0.391. The van der Waals surface area contributed by atoms with Gasteiger partial charge in [0.2, 0.25) is 0 Å². The van der Waals surface area contributed by atoms with Gasteiger partial charge >= 0.3 is 5.97 Å². The van der Waals surface area contributed by atoms with Crippen LogP contribution < -0.4 is 5.32 Å². The molecule has 0 aliphatic carbocycles. The van der Waals surface area contributed by atoms with Crippen molar-refractivity contribution in [2.24, 2.45) is 0 Å². The highest BCUT2D eigenvalue weighted by Crippen LogP contribution is 2.11. The van der Waals surface area contributed by atoms with Gasteiger partial charge in [0, 0.05) is 7.11 Å². The molecule has 0 aliphatic rings. The Morgan fingerprint density at radius 3 is 2.60 bits per heavy atom. The molecule has 0 spiro atoms. The van der Waals surface area contributed by atoms with Gasteiger partial charge in [-0.15, -0.1) is 0 Å². The Bertz CT molecular complexity index is 186. The van der Waals surface area contributed by atoms with Crippen LogP contribution in [-0.4, -0.2) is 41.1 Å². The van der Waals surface area contributed by atoms with Crippen LogP contribution in [0.2, 0.25) is 19.1 Å². The molecule has 0 unspecified atom stereocenters. The van der Waals surface area contributed by atoms with Gasteiger partial charge in [-0.1, -0.05) is 0 Å². The van der Waals surface area contributed by atoms with Gasteiger partial charge in [0.1, 0.15) is 0 Å². The van der Waals surface area contributed by atoms with E-state index >= 15 is 0 Å². The van der Waals surface area contributed by atoms with Gasteiger partial charge in [0.25, 0.3) is 0 Å². The first-order chi connectivity index (χ1) is 7.02. The summed E-state index contributed by atoms with van der Waals surface area (Å²) < 4.78 is 10.2. The molecule has 0 atom stereocenters. The first-order valence-corrected chi connectivity index (χ1v) is 8.55. The summed E-state index contributed by atoms with van der Waals surface area (Å²) in [7, 11) is 0.350. The molecule has 0 aliphatic heterocycles. The third kappa shape index (κ3) is 8.59. The van der Waals surface area contributed by atoms with E-state index in [1.54, 1.807) is 7.11 Å². The zero-order chi connectivity index (χ0) is 11.7. The predicted molar refractivity (Wildman–Crippen MR) is 63.4 cm³/mol. The Balaban J connectivity index is 3.36. The van der Waals surface area contributed by atoms with Crippen molar-refractivity contribution in [3.63, 3.8) is 0 Å². The number of carbonyl (C=O) groups is 1. The smallest absolute Gasteiger partial charge is 0.319 e. The first-order valence-electron chi connectivity index (χ1n) is 5.43. The second kappa shape index (κ2) is 7.84. The molecule has 5 heteroatoms. The van der Waals surface area contributed by atoms with E-state index in [4.69, 9.17) is 9.16 Å². The van der Waals surface area contributed by atoms with Crippen LogP contribution in [0, 0.1) is 0 Å². The standard InChI is InChI=1S/C10H23NO3Si/c1-5-14-10(12)9-11-7-6-8-15(3,4)13-2/h11H,5-9H2,1-4H3. The van der Waals surface area contributed by atoms with Crippen molar-refractivity contribution >= 4 is 14.3 Å². The molecule has 0 fully saturated rings. The Morgan fingerprint density at radius 1 is 1.40 bits per heavy atom. The third-order valence-electron chi connectivity index (χ3n) is 2.26. The lowest BCUT2D eigenvalue weighted by Crippen LogP contribution is -2.31. The SMILES string of the molecule is CCOC(=O)CNCCC[Si](C)(C)OC. The van der Waals surface area contributed by atoms with Crippen LogP contribution in [-0.2, 0) is 14.0 Å². The minimum atomic E-state index is -1.43. The van der Waals surface area contributed by atoms with Gasteiger partial charge < -0.3 is 14.5 Å². The van der Waals surface area contributed by atoms with Crippen LogP contribution in [0.5, 0.6) is 0 Å². The van der Waals surface area contributed by atoms with Crippen LogP contribution in [0.1, 0.15) is 13.3 Å². The minimum Gasteiger partial charge on any atom is -0.465 e. The highest BCUT2D eigenvalue weighted by Gasteiger charge is 2.19. The molecule has 1 N–H and O–H groups in total. The van der Waals surface area contributed by atoms with E-state index in [1.807, 2.05) is 6.92 Å². The van der Waals surface area contributed by atoms with Crippen LogP contribution >= 0.6 is 0 Å². The van der Waals surface area contributed by atoms with E-state index in [0.29, 0.717) is 13.2 Å². The van der Waals surface area contributed by atoms with Crippen LogP contribution in [0.4, 0.5) is 0 Å². The van der Waals surface area contributed by atoms with Gasteiger partial charge in [0.05, 0.1) is 13.2 Å². The third-order valence-corrected chi connectivity index (χ3v) is 4.92. The lowest BCUT2D eigenvalue weighted by molar-refractivity contribution is -0.141. The second-order valence-corrected chi connectivity index (χ2v) is 8.48. The number of hydrogen-bond donors (Lipinski definition) is 1. The van der Waals surface area contributed by atoms with E-state index in [2.05, 4.69) is 18.4 Å². The maximum absolute atomic E-state index is 11.0. The van der Waals surface area contributed by atoms with E-state index in [-0.39, 0.29) is 5.97 Å². The van der Waals surface area contributed by atoms with Gasteiger partial charge in [-0.25, -0.2) is 0 Å². The summed E-state index contributed by atoms with van der Waals surface area (Å²) in [5, 5.41) is 3.06. The Hall–Kier alpha value is -0.393. The molecule has 0 amide bonds. The Labute approximate surface area is 93.5 Å². The summed E-state index contributed by atoms with van der Waals surface area (Å²) >= 11 is 0. The van der Waals surface area contributed by atoms with Crippen LogP contribution in [0.15, 0.2) is 0 Å². The van der Waals surface area contributed by atoms with Crippen molar-refractivity contribution in [1.82, 2.24) is 5.32 Å². The van der Waals surface area contributed by atoms with E-state index in [9.17, 15) is 4.79 Å². The fourth-order valence-electron chi connectivity index (χ4n) is 1.14. The van der Waals surface area contributed by atoms with E-state index < -0.39 is 8.32 Å². The lowest BCUT2D eigenvalue weighted by atomic mass is 10.4. The molecule has 0 rings (SSSR count). The highest BCUT2D eigenvalue weighted by atomic mass is 28.4. The number of ether oxygens (including phenoxy) is 1. The molecule has 4 nitrogen and oxygen atoms in total. The van der Waals surface area contributed by atoms with Crippen molar-refractivity contribution in [2.75, 3.05) is 26.8 Å². The van der Waals surface area contributed by atoms with Crippen LogP contribution in [0.25, 0.3) is 0 Å². The fourth-order valence-corrected chi connectivity index (χ4v) is 2.38. The molecule has 0 bridgehead atoms. The number of carbonyl (C=O) groups excluding carboxylic acids is 1. The van der Waals surface area contributed by atoms with Crippen molar-refractivity contribution < 1.29 is 14.0 Å². The lowest BCUT2D eigenvalue weighted by Gasteiger charge is -2.19. The molecule has 0 radical (unpaired) electrons. The highest BCUT2D eigenvalue weighted by molar-refractivity contribution is 6.71. The summed E-state index contributed by atoms with van der Waals surface area (Å²) in [5.41, 5.74) is 0. The van der Waals surface area contributed by atoms with Crippen molar-refractivity contribution in [3.05, 3.63) is 0 Å². The van der Waals surface area contributed by atoms with Crippen molar-refractivity contribution in [1.29, 1.82) is 0 Å². The zero-order valence-corrected chi connectivity index (χ0v) is 11.3. The van der Waals surface area contributed by atoms with E-state index in [1.165, 1.54) is 0 Å². The average Bonchev–Trinajstić information content (AvgIpc) is 2.17. The largest absolute Gasteiger partial charge is 0.465 e. The maximum Gasteiger partial charge on any atom is 0.319 e. The summed E-state index contributed by atoms with van der Waals surface area (Å²) in [5.74, 6) is -0.180. The topological polar surface area (TPSA) is 47.6 Å². The molecule has 0 heterocycles. The Kier molecular flexibility index (Phi) is 7.64. The number of hydrogen-bond acceptors (Lipinski definition) is 4. The fraction of sp³-hybridized carbons (Fsp3) is 0.900. The van der Waals surface area contributed by atoms with Gasteiger partial charge in [-0.3, -0.25) is 4.79 Å². The zero-order valence-electron chi connectivity index (χ0n) is 10.3. The maximum atomic E-state index is 11.0. The molecular weight excluding hydrogens is 210 g/mol. The molecular formula is C10H23NO3Si. The van der Waals surface area contributed by atoms with Crippen molar-refractivity contribution in [2.45, 2.75) is 32.5 Å². The summed E-state index contributed by atoms with van der Waals surface area (Å²) in [6.07, 6.45) is 1.05. The average molecular weight is 233 g/mol. The molecule has 0 aromatic rings. The van der Waals surface area contributed by atoms with E-state index in [0.717, 1.165) is 19.0 Å². The molecule has 0 aromatic heterocycles. The first kappa shape index (κ1) is 14.6. The number of rotatable bonds is 8. The molecule has 0 saturated heterocycles. The van der Waals surface area contributed by atoms with Crippen LogP contribution in [0.3, 0.4) is 0 Å².